The second-order valence-electron chi connectivity index (χ2n) is 6.82. The van der Waals surface area contributed by atoms with Crippen LogP contribution >= 0.6 is 11.3 Å². The highest BCUT2D eigenvalue weighted by atomic mass is 32.1. The number of ether oxygens (including phenoxy) is 2. The first kappa shape index (κ1) is 23.7. The average molecular weight is 470 g/mol. The van der Waals surface area contributed by atoms with Gasteiger partial charge in [0.2, 0.25) is 0 Å². The Morgan fingerprint density at radius 1 is 1.09 bits per heavy atom. The number of fused-ring (bicyclic) bond motifs is 1. The number of carbonyl (C=O) groups is 1. The number of aryl methyl sites for hydroxylation is 1. The van der Waals surface area contributed by atoms with Crippen LogP contribution in [0.2, 0.25) is 0 Å². The standard InChI is InChI=1S/C21H21F3N2O5S/c1-3-31-19(28)16-15(21(22,23)24)14-17(27)25(10-9-13-7-5-4-6-8-13)20(29)26(11-12-30-2)18(14)32-16/h4-8H,3,9-12H2,1-2H3. The maximum absolute atomic E-state index is 14.0. The lowest BCUT2D eigenvalue weighted by Crippen LogP contribution is -2.41. The highest BCUT2D eigenvalue weighted by molar-refractivity contribution is 7.20. The Morgan fingerprint density at radius 2 is 1.78 bits per heavy atom. The lowest BCUT2D eigenvalue weighted by atomic mass is 10.1. The van der Waals surface area contributed by atoms with Crippen LogP contribution in [-0.4, -0.2) is 35.4 Å². The first-order valence-electron chi connectivity index (χ1n) is 9.78. The summed E-state index contributed by atoms with van der Waals surface area (Å²) < 4.78 is 53.6. The summed E-state index contributed by atoms with van der Waals surface area (Å²) in [6.07, 6.45) is -4.73. The van der Waals surface area contributed by atoms with Crippen LogP contribution in [0.5, 0.6) is 0 Å². The van der Waals surface area contributed by atoms with Crippen molar-refractivity contribution in [2.45, 2.75) is 32.6 Å². The van der Waals surface area contributed by atoms with Gasteiger partial charge in [-0.15, -0.1) is 11.3 Å². The molecule has 0 aliphatic carbocycles. The van der Waals surface area contributed by atoms with E-state index >= 15 is 0 Å². The molecule has 172 valence electrons. The summed E-state index contributed by atoms with van der Waals surface area (Å²) in [6.45, 7) is 1.15. The molecule has 0 amide bonds. The van der Waals surface area contributed by atoms with E-state index in [-0.39, 0.29) is 37.6 Å². The van der Waals surface area contributed by atoms with E-state index in [2.05, 4.69) is 0 Å². The number of nitrogens with zero attached hydrogens (tertiary/aromatic N) is 2. The first-order chi connectivity index (χ1) is 15.2. The molecule has 0 fully saturated rings. The number of alkyl halides is 3. The fraction of sp³-hybridized carbons (Fsp3) is 0.381. The van der Waals surface area contributed by atoms with Crippen LogP contribution in [0.1, 0.15) is 27.7 Å². The third kappa shape index (κ3) is 4.63. The molecule has 0 bridgehead atoms. The predicted octanol–water partition coefficient (Wildman–Crippen LogP) is 3.31. The molecule has 0 aliphatic heterocycles. The molecular formula is C21H21F3N2O5S. The minimum absolute atomic E-state index is 0.0277. The molecule has 0 N–H and O–H groups in total. The van der Waals surface area contributed by atoms with Gasteiger partial charge in [-0.25, -0.2) is 9.59 Å². The molecular weight excluding hydrogens is 449 g/mol. The molecule has 0 radical (unpaired) electrons. The molecule has 0 unspecified atom stereocenters. The Balaban J connectivity index is 2.29. The smallest absolute Gasteiger partial charge is 0.418 e. The van der Waals surface area contributed by atoms with Crippen molar-refractivity contribution < 1.29 is 27.4 Å². The second kappa shape index (κ2) is 9.70. The number of thiophene rings is 1. The second-order valence-corrected chi connectivity index (χ2v) is 7.82. The molecule has 0 spiro atoms. The summed E-state index contributed by atoms with van der Waals surface area (Å²) in [7, 11) is 1.38. The van der Waals surface area contributed by atoms with Crippen LogP contribution in [0.4, 0.5) is 13.2 Å². The molecule has 7 nitrogen and oxygen atoms in total. The van der Waals surface area contributed by atoms with Gasteiger partial charge in [0.1, 0.15) is 9.71 Å². The Bertz CT molecular complexity index is 1230. The van der Waals surface area contributed by atoms with Crippen LogP contribution in [0.3, 0.4) is 0 Å². The van der Waals surface area contributed by atoms with Crippen molar-refractivity contribution in [3.8, 4) is 0 Å². The minimum atomic E-state index is -5.00. The fourth-order valence-corrected chi connectivity index (χ4v) is 4.56. The summed E-state index contributed by atoms with van der Waals surface area (Å²) in [5.41, 5.74) is -2.41. The molecule has 3 rings (SSSR count). The SMILES string of the molecule is CCOC(=O)c1sc2c(c1C(F)(F)F)c(=O)n(CCc1ccccc1)c(=O)n2CCOC. The topological polar surface area (TPSA) is 79.5 Å². The summed E-state index contributed by atoms with van der Waals surface area (Å²) in [5, 5.41) is -0.714. The quantitative estimate of drug-likeness (QED) is 0.472. The number of hydrogen-bond donors (Lipinski definition) is 0. The van der Waals surface area contributed by atoms with E-state index in [1.165, 1.54) is 14.0 Å². The van der Waals surface area contributed by atoms with Gasteiger partial charge in [-0.05, 0) is 18.9 Å². The zero-order valence-corrected chi connectivity index (χ0v) is 18.2. The van der Waals surface area contributed by atoms with Crippen molar-refractivity contribution in [1.82, 2.24) is 9.13 Å². The summed E-state index contributed by atoms with van der Waals surface area (Å²) >= 11 is 0.427. The number of hydrogen-bond acceptors (Lipinski definition) is 6. The van der Waals surface area contributed by atoms with E-state index in [9.17, 15) is 27.6 Å². The van der Waals surface area contributed by atoms with E-state index < -0.39 is 39.2 Å². The maximum atomic E-state index is 14.0. The summed E-state index contributed by atoms with van der Waals surface area (Å²) in [6, 6.07) is 8.95. The molecule has 2 aromatic heterocycles. The highest BCUT2D eigenvalue weighted by Gasteiger charge is 2.42. The number of esters is 1. The molecule has 0 aliphatic rings. The van der Waals surface area contributed by atoms with Crippen molar-refractivity contribution in [3.05, 3.63) is 67.2 Å². The number of aromatic nitrogens is 2. The van der Waals surface area contributed by atoms with Gasteiger partial charge in [0, 0.05) is 13.7 Å². The molecule has 0 saturated heterocycles. The molecule has 32 heavy (non-hydrogen) atoms. The van der Waals surface area contributed by atoms with Gasteiger partial charge in [0.25, 0.3) is 5.56 Å². The van der Waals surface area contributed by atoms with Gasteiger partial charge in [-0.2, -0.15) is 13.2 Å². The minimum Gasteiger partial charge on any atom is -0.462 e. The molecule has 3 aromatic rings. The molecule has 11 heteroatoms. The number of methoxy groups -OCH3 is 1. The molecule has 2 heterocycles. The summed E-state index contributed by atoms with van der Waals surface area (Å²) in [5.74, 6) is -1.19. The Labute approximate surface area is 184 Å². The van der Waals surface area contributed by atoms with Crippen molar-refractivity contribution in [1.29, 1.82) is 0 Å². The predicted molar refractivity (Wildman–Crippen MR) is 113 cm³/mol. The fourth-order valence-electron chi connectivity index (χ4n) is 3.34. The van der Waals surface area contributed by atoms with Crippen molar-refractivity contribution in [2.24, 2.45) is 0 Å². The van der Waals surface area contributed by atoms with E-state index in [0.29, 0.717) is 11.3 Å². The van der Waals surface area contributed by atoms with E-state index in [0.717, 1.165) is 14.7 Å². The lowest BCUT2D eigenvalue weighted by Gasteiger charge is -2.13. The van der Waals surface area contributed by atoms with E-state index in [1.54, 1.807) is 30.3 Å². The molecule has 1 aromatic carbocycles. The van der Waals surface area contributed by atoms with E-state index in [1.807, 2.05) is 0 Å². The Kier molecular flexibility index (Phi) is 7.19. The first-order valence-corrected chi connectivity index (χ1v) is 10.6. The van der Waals surface area contributed by atoms with Crippen molar-refractivity contribution >= 4 is 27.5 Å². The van der Waals surface area contributed by atoms with Gasteiger partial charge < -0.3 is 9.47 Å². The zero-order chi connectivity index (χ0) is 23.5. The van der Waals surface area contributed by atoms with Crippen molar-refractivity contribution in [3.63, 3.8) is 0 Å². The maximum Gasteiger partial charge on any atom is 0.418 e. The largest absolute Gasteiger partial charge is 0.462 e. The summed E-state index contributed by atoms with van der Waals surface area (Å²) in [4.78, 5) is 37.5. The van der Waals surface area contributed by atoms with Crippen LogP contribution < -0.4 is 11.2 Å². The number of carbonyl (C=O) groups excluding carboxylic acids is 1. The lowest BCUT2D eigenvalue weighted by molar-refractivity contribution is -0.136. The van der Waals surface area contributed by atoms with Gasteiger partial charge in [-0.1, -0.05) is 30.3 Å². The zero-order valence-electron chi connectivity index (χ0n) is 17.4. The van der Waals surface area contributed by atoms with E-state index in [4.69, 9.17) is 9.47 Å². The molecule has 0 atom stereocenters. The van der Waals surface area contributed by atoms with Crippen LogP contribution in [-0.2, 0) is 35.2 Å². The van der Waals surface area contributed by atoms with Crippen LogP contribution in [0, 0.1) is 0 Å². The monoisotopic (exact) mass is 470 g/mol. The Hall–Kier alpha value is -2.92. The third-order valence-corrected chi connectivity index (χ3v) is 5.98. The molecule has 0 saturated carbocycles. The van der Waals surface area contributed by atoms with Gasteiger partial charge >= 0.3 is 17.8 Å². The van der Waals surface area contributed by atoms with Gasteiger partial charge in [0.15, 0.2) is 0 Å². The van der Waals surface area contributed by atoms with Crippen LogP contribution in [0.25, 0.3) is 10.2 Å². The number of halogens is 3. The van der Waals surface area contributed by atoms with Crippen molar-refractivity contribution in [2.75, 3.05) is 20.3 Å². The highest BCUT2D eigenvalue weighted by Crippen LogP contribution is 2.41. The van der Waals surface area contributed by atoms with Gasteiger partial charge in [-0.3, -0.25) is 13.9 Å². The Morgan fingerprint density at radius 3 is 2.38 bits per heavy atom. The third-order valence-electron chi connectivity index (χ3n) is 4.79. The number of benzene rings is 1. The number of rotatable bonds is 8. The average Bonchev–Trinajstić information content (AvgIpc) is 3.16. The van der Waals surface area contributed by atoms with Gasteiger partial charge in [0.05, 0.1) is 30.7 Å². The van der Waals surface area contributed by atoms with Crippen LogP contribution in [0.15, 0.2) is 39.9 Å². The normalized spacial score (nSPS) is 11.8.